The number of urea groups is 1. The number of hydrazone groups is 1. The fourth-order valence-electron chi connectivity index (χ4n) is 4.33. The highest BCUT2D eigenvalue weighted by Crippen LogP contribution is 2.30. The van der Waals surface area contributed by atoms with Crippen LogP contribution < -0.4 is 10.6 Å². The van der Waals surface area contributed by atoms with Crippen LogP contribution in [0.3, 0.4) is 0 Å². The van der Waals surface area contributed by atoms with Crippen LogP contribution in [0.1, 0.15) is 24.0 Å². The van der Waals surface area contributed by atoms with E-state index in [-0.39, 0.29) is 24.2 Å². The lowest BCUT2D eigenvalue weighted by Gasteiger charge is -2.30. The summed E-state index contributed by atoms with van der Waals surface area (Å²) in [5, 5.41) is 14.2. The first-order valence-corrected chi connectivity index (χ1v) is 11.2. The lowest BCUT2D eigenvalue weighted by Crippen LogP contribution is -2.48. The number of amidine groups is 1. The number of fused-ring (bicyclic) bond motifs is 1. The molecule has 2 amide bonds. The van der Waals surface area contributed by atoms with Gasteiger partial charge in [0.2, 0.25) is 0 Å². The molecule has 4 heterocycles. The van der Waals surface area contributed by atoms with E-state index >= 15 is 0 Å². The molecule has 3 atom stereocenters. The first-order chi connectivity index (χ1) is 16.1. The van der Waals surface area contributed by atoms with Crippen LogP contribution in [0.15, 0.2) is 33.3 Å². The molecule has 0 saturated carbocycles. The van der Waals surface area contributed by atoms with Gasteiger partial charge in [0.25, 0.3) is 0 Å². The number of anilines is 1. The van der Waals surface area contributed by atoms with Crippen LogP contribution in [0.4, 0.5) is 10.5 Å². The molecule has 10 nitrogen and oxygen atoms in total. The Kier molecular flexibility index (Phi) is 5.98. The van der Waals surface area contributed by atoms with E-state index in [2.05, 4.69) is 32.5 Å². The van der Waals surface area contributed by atoms with Crippen molar-refractivity contribution in [2.75, 3.05) is 38.7 Å². The maximum Gasteiger partial charge on any atom is 0.345 e. The number of nitrogens with zero attached hydrogens (tertiary/aromatic N) is 5. The fraction of sp³-hybridized carbons (Fsp3) is 0.478. The second kappa shape index (κ2) is 9.21. The van der Waals surface area contributed by atoms with Crippen molar-refractivity contribution in [3.63, 3.8) is 0 Å². The molecular formula is C23H27N7O3. The number of ether oxygens (including phenoxy) is 1. The van der Waals surface area contributed by atoms with E-state index in [0.29, 0.717) is 25.4 Å². The number of nitrogens with one attached hydrogen (secondary N) is 2. The summed E-state index contributed by atoms with van der Waals surface area (Å²) in [5.74, 6) is 7.17. The molecule has 0 aliphatic carbocycles. The Morgan fingerprint density at radius 3 is 3.00 bits per heavy atom. The molecule has 4 aliphatic rings. The number of aryl methyl sites for hydroxylation is 1. The van der Waals surface area contributed by atoms with Crippen molar-refractivity contribution >= 4 is 29.6 Å². The van der Waals surface area contributed by atoms with Gasteiger partial charge in [-0.3, -0.25) is 14.8 Å². The SMILES string of the molecule is CN=C1NC=NC2C1C(C#Cc1cc(NC(=O)N3CCCO3)ccc1C)=NN2C1CCOC1. The molecule has 4 aliphatic heterocycles. The normalized spacial score (nSPS) is 27.2. The molecule has 2 fully saturated rings. The Bertz CT molecular complexity index is 1080. The summed E-state index contributed by atoms with van der Waals surface area (Å²) in [6.07, 6.45) is 3.26. The maximum absolute atomic E-state index is 12.4. The van der Waals surface area contributed by atoms with E-state index in [1.54, 1.807) is 13.4 Å². The summed E-state index contributed by atoms with van der Waals surface area (Å²) < 4.78 is 5.57. The molecule has 2 N–H and O–H groups in total. The van der Waals surface area contributed by atoms with Gasteiger partial charge in [0.1, 0.15) is 17.5 Å². The quantitative estimate of drug-likeness (QED) is 0.668. The molecule has 172 valence electrons. The second-order valence-corrected chi connectivity index (χ2v) is 8.30. The number of rotatable bonds is 2. The van der Waals surface area contributed by atoms with E-state index in [0.717, 1.165) is 42.1 Å². The number of carbonyl (C=O) groups excluding carboxylic acids is 1. The van der Waals surface area contributed by atoms with Crippen LogP contribution in [0.2, 0.25) is 0 Å². The van der Waals surface area contributed by atoms with Crippen LogP contribution in [0.5, 0.6) is 0 Å². The summed E-state index contributed by atoms with van der Waals surface area (Å²) in [7, 11) is 1.76. The third-order valence-corrected chi connectivity index (χ3v) is 6.14. The largest absolute Gasteiger partial charge is 0.379 e. The van der Waals surface area contributed by atoms with E-state index in [1.807, 2.05) is 30.1 Å². The number of aliphatic imine (C=N–C) groups is 2. The van der Waals surface area contributed by atoms with Gasteiger partial charge >= 0.3 is 6.03 Å². The molecule has 10 heteroatoms. The minimum atomic E-state index is -0.275. The molecule has 1 aromatic rings. The Hall–Kier alpha value is -3.42. The van der Waals surface area contributed by atoms with Crippen molar-refractivity contribution < 1.29 is 14.4 Å². The zero-order chi connectivity index (χ0) is 22.8. The molecule has 1 aromatic carbocycles. The standard InChI is InChI=1S/C23H27N7O3/c1-15-4-6-17(27-23(31)29-9-3-10-33-29)12-16(15)5-7-19-20-21(24-2)25-14-26-22(20)30(28-19)18-8-11-32-13-18/h4,6,12,14,18,20,22H,3,8-11,13H2,1-2H3,(H,27,31)(H,24,25,26). The predicted molar refractivity (Wildman–Crippen MR) is 125 cm³/mol. The topological polar surface area (TPSA) is 103 Å². The summed E-state index contributed by atoms with van der Waals surface area (Å²) in [5.41, 5.74) is 3.22. The first-order valence-electron chi connectivity index (χ1n) is 11.2. The third kappa shape index (κ3) is 4.29. The van der Waals surface area contributed by atoms with Crippen LogP contribution in [0.25, 0.3) is 0 Å². The average Bonchev–Trinajstić information content (AvgIpc) is 3.60. The van der Waals surface area contributed by atoms with Crippen molar-refractivity contribution in [2.24, 2.45) is 21.0 Å². The van der Waals surface area contributed by atoms with E-state index in [1.165, 1.54) is 5.06 Å². The summed E-state index contributed by atoms with van der Waals surface area (Å²) in [4.78, 5) is 26.7. The Morgan fingerprint density at radius 2 is 2.24 bits per heavy atom. The van der Waals surface area contributed by atoms with Crippen LogP contribution in [-0.4, -0.2) is 79.6 Å². The minimum Gasteiger partial charge on any atom is -0.379 e. The molecular weight excluding hydrogens is 422 g/mol. The number of benzene rings is 1. The van der Waals surface area contributed by atoms with Crippen molar-refractivity contribution in [3.8, 4) is 11.8 Å². The number of hydrogen-bond donors (Lipinski definition) is 2. The van der Waals surface area contributed by atoms with Crippen LogP contribution >= 0.6 is 0 Å². The predicted octanol–water partition coefficient (Wildman–Crippen LogP) is 1.58. The van der Waals surface area contributed by atoms with Gasteiger partial charge in [-0.2, -0.15) is 5.10 Å². The molecule has 0 bridgehead atoms. The molecule has 0 spiro atoms. The first kappa shape index (κ1) is 21.4. The number of hydrogen-bond acceptors (Lipinski definition) is 7. The highest BCUT2D eigenvalue weighted by molar-refractivity contribution is 6.18. The van der Waals surface area contributed by atoms with Gasteiger partial charge in [0.05, 0.1) is 32.1 Å². The van der Waals surface area contributed by atoms with Crippen LogP contribution in [-0.2, 0) is 9.57 Å². The van der Waals surface area contributed by atoms with Gasteiger partial charge in [-0.15, -0.1) is 0 Å². The average molecular weight is 450 g/mol. The zero-order valence-corrected chi connectivity index (χ0v) is 18.7. The second-order valence-electron chi connectivity index (χ2n) is 8.30. The van der Waals surface area contributed by atoms with Gasteiger partial charge in [-0.1, -0.05) is 12.0 Å². The monoisotopic (exact) mass is 449 g/mol. The van der Waals surface area contributed by atoms with Crippen LogP contribution in [0, 0.1) is 24.7 Å². The maximum atomic E-state index is 12.4. The zero-order valence-electron chi connectivity index (χ0n) is 18.7. The van der Waals surface area contributed by atoms with Gasteiger partial charge in [0, 0.05) is 24.9 Å². The number of hydroxylamine groups is 2. The van der Waals surface area contributed by atoms with Crippen molar-refractivity contribution in [3.05, 3.63) is 29.3 Å². The molecule has 0 aromatic heterocycles. The van der Waals surface area contributed by atoms with Gasteiger partial charge in [0.15, 0.2) is 6.17 Å². The van der Waals surface area contributed by atoms with E-state index < -0.39 is 0 Å². The molecule has 0 radical (unpaired) electrons. The molecule has 2 saturated heterocycles. The van der Waals surface area contributed by atoms with Crippen molar-refractivity contribution in [1.82, 2.24) is 15.4 Å². The summed E-state index contributed by atoms with van der Waals surface area (Å²) >= 11 is 0. The summed E-state index contributed by atoms with van der Waals surface area (Å²) in [6.45, 7) is 4.51. The third-order valence-electron chi connectivity index (χ3n) is 6.14. The van der Waals surface area contributed by atoms with Gasteiger partial charge in [-0.25, -0.2) is 14.9 Å². The van der Waals surface area contributed by atoms with E-state index in [4.69, 9.17) is 14.7 Å². The highest BCUT2D eigenvalue weighted by atomic mass is 16.7. The molecule has 5 rings (SSSR count). The van der Waals surface area contributed by atoms with Gasteiger partial charge in [-0.05, 0) is 43.4 Å². The Balaban J connectivity index is 1.40. The Morgan fingerprint density at radius 1 is 1.33 bits per heavy atom. The van der Waals surface area contributed by atoms with E-state index in [9.17, 15) is 4.79 Å². The number of carbonyl (C=O) groups is 1. The lowest BCUT2D eigenvalue weighted by atomic mass is 9.97. The van der Waals surface area contributed by atoms with Crippen molar-refractivity contribution in [2.45, 2.75) is 32.0 Å². The smallest absolute Gasteiger partial charge is 0.345 e. The molecule has 33 heavy (non-hydrogen) atoms. The van der Waals surface area contributed by atoms with Gasteiger partial charge < -0.3 is 15.4 Å². The van der Waals surface area contributed by atoms with Crippen molar-refractivity contribution in [1.29, 1.82) is 0 Å². The number of amides is 2. The Labute approximate surface area is 192 Å². The minimum absolute atomic E-state index is 0.149. The fourth-order valence-corrected chi connectivity index (χ4v) is 4.33. The molecule has 3 unspecified atom stereocenters. The highest BCUT2D eigenvalue weighted by Gasteiger charge is 2.44. The summed E-state index contributed by atoms with van der Waals surface area (Å²) in [6, 6.07) is 5.58. The lowest BCUT2D eigenvalue weighted by molar-refractivity contribution is -0.0614.